The minimum absolute atomic E-state index is 0.595. The van der Waals surface area contributed by atoms with Gasteiger partial charge in [0.2, 0.25) is 0 Å². The summed E-state index contributed by atoms with van der Waals surface area (Å²) in [4.78, 5) is 1.37. The second-order valence-corrected chi connectivity index (χ2v) is 6.16. The van der Waals surface area contributed by atoms with Crippen LogP contribution in [0.3, 0.4) is 0 Å². The maximum atomic E-state index is 3.63. The summed E-state index contributed by atoms with van der Waals surface area (Å²) in [7, 11) is 0. The van der Waals surface area contributed by atoms with Crippen LogP contribution in [0.5, 0.6) is 0 Å². The maximum absolute atomic E-state index is 3.63. The molecule has 1 fully saturated rings. The van der Waals surface area contributed by atoms with Gasteiger partial charge in [0, 0.05) is 23.2 Å². The summed E-state index contributed by atoms with van der Waals surface area (Å²) in [6.45, 7) is 5.81. The zero-order valence-electron chi connectivity index (χ0n) is 10.2. The van der Waals surface area contributed by atoms with Gasteiger partial charge in [0.1, 0.15) is 0 Å². The molecule has 1 saturated carbocycles. The van der Waals surface area contributed by atoms with Crippen molar-refractivity contribution in [2.24, 2.45) is 5.41 Å². The van der Waals surface area contributed by atoms with Crippen LogP contribution in [0.1, 0.15) is 26.7 Å². The lowest BCUT2D eigenvalue weighted by Gasteiger charge is -2.20. The summed E-state index contributed by atoms with van der Waals surface area (Å²) in [6, 6.07) is 11.3. The highest BCUT2D eigenvalue weighted by Crippen LogP contribution is 2.47. The normalized spacial score (nSPS) is 19.4. The summed E-state index contributed by atoms with van der Waals surface area (Å²) < 4.78 is 0. The Bertz CT molecular complexity index is 319. The SMILES string of the molecule is CC(NCCSc1ccccc1)C1(C)CC1. The van der Waals surface area contributed by atoms with Crippen LogP contribution in [0, 0.1) is 5.41 Å². The molecule has 1 aliphatic rings. The Labute approximate surface area is 103 Å². The first kappa shape index (κ1) is 12.0. The van der Waals surface area contributed by atoms with Gasteiger partial charge in [0.25, 0.3) is 0 Å². The van der Waals surface area contributed by atoms with E-state index < -0.39 is 0 Å². The van der Waals surface area contributed by atoms with E-state index in [-0.39, 0.29) is 0 Å². The third kappa shape index (κ3) is 3.26. The average Bonchev–Trinajstić information content (AvgIpc) is 3.05. The molecular formula is C14H21NS. The largest absolute Gasteiger partial charge is 0.313 e. The summed E-state index contributed by atoms with van der Waals surface area (Å²) in [5.41, 5.74) is 0.595. The van der Waals surface area contributed by atoms with Gasteiger partial charge < -0.3 is 5.32 Å². The van der Waals surface area contributed by atoms with Crippen LogP contribution in [-0.4, -0.2) is 18.3 Å². The molecule has 0 heterocycles. The Morgan fingerprint density at radius 3 is 2.62 bits per heavy atom. The summed E-state index contributed by atoms with van der Waals surface area (Å²) in [6.07, 6.45) is 2.79. The van der Waals surface area contributed by atoms with Gasteiger partial charge in [-0.05, 0) is 37.3 Å². The number of nitrogens with one attached hydrogen (secondary N) is 1. The highest BCUT2D eigenvalue weighted by atomic mass is 32.2. The van der Waals surface area contributed by atoms with Gasteiger partial charge in [-0.25, -0.2) is 0 Å². The van der Waals surface area contributed by atoms with Crippen LogP contribution in [-0.2, 0) is 0 Å². The molecule has 2 heteroatoms. The fourth-order valence-corrected chi connectivity index (χ4v) is 2.64. The van der Waals surface area contributed by atoms with E-state index in [9.17, 15) is 0 Å². The molecule has 0 amide bonds. The molecule has 2 rings (SSSR count). The van der Waals surface area contributed by atoms with Gasteiger partial charge in [-0.3, -0.25) is 0 Å². The van der Waals surface area contributed by atoms with Crippen molar-refractivity contribution in [2.75, 3.05) is 12.3 Å². The third-order valence-electron chi connectivity index (χ3n) is 3.65. The molecule has 1 nitrogen and oxygen atoms in total. The lowest BCUT2D eigenvalue weighted by molar-refractivity contribution is 0.390. The van der Waals surface area contributed by atoms with E-state index >= 15 is 0 Å². The number of thioether (sulfide) groups is 1. The van der Waals surface area contributed by atoms with Crippen molar-refractivity contribution in [3.8, 4) is 0 Å². The Kier molecular flexibility index (Phi) is 3.93. The molecule has 0 saturated heterocycles. The molecule has 0 aliphatic heterocycles. The van der Waals surface area contributed by atoms with E-state index in [1.165, 1.54) is 17.7 Å². The number of benzene rings is 1. The molecule has 1 unspecified atom stereocenters. The Hall–Kier alpha value is -0.470. The lowest BCUT2D eigenvalue weighted by atomic mass is 10.0. The predicted molar refractivity (Wildman–Crippen MR) is 72.0 cm³/mol. The first-order chi connectivity index (χ1) is 7.71. The Morgan fingerprint density at radius 1 is 1.31 bits per heavy atom. The summed E-state index contributed by atoms with van der Waals surface area (Å²) >= 11 is 1.93. The molecule has 16 heavy (non-hydrogen) atoms. The number of hydrogen-bond acceptors (Lipinski definition) is 2. The zero-order chi connectivity index (χ0) is 11.4. The zero-order valence-corrected chi connectivity index (χ0v) is 11.0. The average molecular weight is 235 g/mol. The monoisotopic (exact) mass is 235 g/mol. The van der Waals surface area contributed by atoms with E-state index in [1.54, 1.807) is 0 Å². The predicted octanol–water partition coefficient (Wildman–Crippen LogP) is 3.56. The van der Waals surface area contributed by atoms with Gasteiger partial charge in [-0.15, -0.1) is 11.8 Å². The molecule has 0 radical (unpaired) electrons. The first-order valence-electron chi connectivity index (χ1n) is 6.12. The van der Waals surface area contributed by atoms with Gasteiger partial charge in [-0.1, -0.05) is 25.1 Å². The fourth-order valence-electron chi connectivity index (χ4n) is 1.84. The molecule has 0 aromatic heterocycles. The highest BCUT2D eigenvalue weighted by Gasteiger charge is 2.41. The lowest BCUT2D eigenvalue weighted by Crippen LogP contribution is -2.34. The number of hydrogen-bond donors (Lipinski definition) is 1. The van der Waals surface area contributed by atoms with Gasteiger partial charge in [0.15, 0.2) is 0 Å². The molecule has 1 aromatic carbocycles. The van der Waals surface area contributed by atoms with Gasteiger partial charge >= 0.3 is 0 Å². The fraction of sp³-hybridized carbons (Fsp3) is 0.571. The second kappa shape index (κ2) is 5.24. The van der Waals surface area contributed by atoms with Crippen molar-refractivity contribution in [1.82, 2.24) is 5.32 Å². The van der Waals surface area contributed by atoms with Crippen molar-refractivity contribution in [2.45, 2.75) is 37.6 Å². The Morgan fingerprint density at radius 2 is 2.00 bits per heavy atom. The minimum Gasteiger partial charge on any atom is -0.313 e. The van der Waals surface area contributed by atoms with Crippen LogP contribution in [0.4, 0.5) is 0 Å². The molecule has 1 aromatic rings. The van der Waals surface area contributed by atoms with Gasteiger partial charge in [0.05, 0.1) is 0 Å². The molecule has 1 aliphatic carbocycles. The van der Waals surface area contributed by atoms with E-state index in [0.717, 1.165) is 12.3 Å². The van der Waals surface area contributed by atoms with Crippen molar-refractivity contribution in [3.63, 3.8) is 0 Å². The van der Waals surface area contributed by atoms with Crippen molar-refractivity contribution < 1.29 is 0 Å². The molecule has 0 bridgehead atoms. The summed E-state index contributed by atoms with van der Waals surface area (Å²) in [5, 5.41) is 3.63. The van der Waals surface area contributed by atoms with Crippen molar-refractivity contribution in [1.29, 1.82) is 0 Å². The van der Waals surface area contributed by atoms with Crippen LogP contribution < -0.4 is 5.32 Å². The maximum Gasteiger partial charge on any atom is 0.0106 e. The van der Waals surface area contributed by atoms with E-state index in [0.29, 0.717) is 11.5 Å². The summed E-state index contributed by atoms with van der Waals surface area (Å²) in [5.74, 6) is 1.16. The molecule has 0 spiro atoms. The topological polar surface area (TPSA) is 12.0 Å². The van der Waals surface area contributed by atoms with Crippen molar-refractivity contribution in [3.05, 3.63) is 30.3 Å². The highest BCUT2D eigenvalue weighted by molar-refractivity contribution is 7.99. The van der Waals surface area contributed by atoms with Crippen LogP contribution in [0.15, 0.2) is 35.2 Å². The van der Waals surface area contributed by atoms with E-state index in [2.05, 4.69) is 49.5 Å². The van der Waals surface area contributed by atoms with E-state index in [1.807, 2.05) is 11.8 Å². The van der Waals surface area contributed by atoms with Crippen LogP contribution in [0.2, 0.25) is 0 Å². The van der Waals surface area contributed by atoms with Gasteiger partial charge in [-0.2, -0.15) is 0 Å². The van der Waals surface area contributed by atoms with Crippen LogP contribution in [0.25, 0.3) is 0 Å². The minimum atomic E-state index is 0.595. The quantitative estimate of drug-likeness (QED) is 0.598. The molecule has 1 atom stereocenters. The van der Waals surface area contributed by atoms with Crippen LogP contribution >= 0.6 is 11.8 Å². The van der Waals surface area contributed by atoms with E-state index in [4.69, 9.17) is 0 Å². The van der Waals surface area contributed by atoms with Crippen molar-refractivity contribution >= 4 is 11.8 Å². The standard InChI is InChI=1S/C14H21NS/c1-12(14(2)8-9-14)15-10-11-16-13-6-4-3-5-7-13/h3-7,12,15H,8-11H2,1-2H3. The third-order valence-corrected chi connectivity index (χ3v) is 4.66. The smallest absolute Gasteiger partial charge is 0.0106 e. The first-order valence-corrected chi connectivity index (χ1v) is 7.10. The molecule has 88 valence electrons. The Balaban J connectivity index is 1.62. The number of rotatable bonds is 6. The molecule has 1 N–H and O–H groups in total. The molecular weight excluding hydrogens is 214 g/mol. The second-order valence-electron chi connectivity index (χ2n) is 4.99.